The van der Waals surface area contributed by atoms with Gasteiger partial charge in [-0.05, 0) is 35.9 Å². The molecule has 2 aromatic carbocycles. The first-order chi connectivity index (χ1) is 16.0. The van der Waals surface area contributed by atoms with Crippen molar-refractivity contribution >= 4 is 40.4 Å². The lowest BCUT2D eigenvalue weighted by molar-refractivity contribution is -0.114. The number of nitrogens with zero attached hydrogens (tertiary/aromatic N) is 6. The summed E-state index contributed by atoms with van der Waals surface area (Å²) in [4.78, 5) is 32.4. The van der Waals surface area contributed by atoms with E-state index in [2.05, 4.69) is 37.0 Å². The number of aromatic nitrogens is 5. The van der Waals surface area contributed by atoms with E-state index < -0.39 is 5.97 Å². The van der Waals surface area contributed by atoms with Crippen LogP contribution in [0.2, 0.25) is 0 Å². The molecule has 0 aliphatic carbocycles. The van der Waals surface area contributed by atoms with Gasteiger partial charge >= 0.3 is 5.97 Å². The van der Waals surface area contributed by atoms with Gasteiger partial charge in [-0.3, -0.25) is 4.79 Å². The minimum absolute atomic E-state index is 0.180. The summed E-state index contributed by atoms with van der Waals surface area (Å²) in [7, 11) is 1.26. The molecular weight excluding hydrogens is 424 g/mol. The van der Waals surface area contributed by atoms with Crippen LogP contribution >= 0.6 is 0 Å². The molecule has 0 unspecified atom stereocenters. The van der Waals surface area contributed by atoms with Crippen molar-refractivity contribution in [1.29, 1.82) is 5.26 Å². The van der Waals surface area contributed by atoms with Gasteiger partial charge in [0.2, 0.25) is 11.9 Å². The highest BCUT2D eigenvalue weighted by Gasteiger charge is 2.15. The Kier molecular flexibility index (Phi) is 5.90. The monoisotopic (exact) mass is 442 g/mol. The molecule has 0 fully saturated rings. The minimum Gasteiger partial charge on any atom is -0.465 e. The SMILES string of the molecule is COC(=O)c1cc(Nc2ncc3nnn(-c4cccc(CC#N)c4)c3n2)ccc1NC(C)=O. The van der Waals surface area contributed by atoms with E-state index in [1.165, 1.54) is 26.3 Å². The van der Waals surface area contributed by atoms with Crippen LogP contribution in [-0.2, 0) is 16.0 Å². The summed E-state index contributed by atoms with van der Waals surface area (Å²) < 4.78 is 6.37. The lowest BCUT2D eigenvalue weighted by atomic mass is 10.1. The largest absolute Gasteiger partial charge is 0.465 e. The second kappa shape index (κ2) is 9.11. The molecule has 4 aromatic rings. The lowest BCUT2D eigenvalue weighted by Gasteiger charge is -2.11. The quantitative estimate of drug-likeness (QED) is 0.430. The molecule has 0 saturated heterocycles. The average Bonchev–Trinajstić information content (AvgIpc) is 3.23. The number of ether oxygens (including phenoxy) is 1. The summed E-state index contributed by atoms with van der Waals surface area (Å²) in [5, 5.41) is 22.9. The summed E-state index contributed by atoms with van der Waals surface area (Å²) in [6, 6.07) is 14.3. The molecule has 164 valence electrons. The van der Waals surface area contributed by atoms with Gasteiger partial charge in [-0.25, -0.2) is 9.78 Å². The predicted octanol–water partition coefficient (Wildman–Crippen LogP) is 2.77. The van der Waals surface area contributed by atoms with Gasteiger partial charge < -0.3 is 15.4 Å². The molecule has 0 bridgehead atoms. The van der Waals surface area contributed by atoms with E-state index in [9.17, 15) is 9.59 Å². The fourth-order valence-electron chi connectivity index (χ4n) is 3.18. The fourth-order valence-corrected chi connectivity index (χ4v) is 3.18. The number of anilines is 3. The van der Waals surface area contributed by atoms with E-state index in [0.29, 0.717) is 28.2 Å². The third-order valence-electron chi connectivity index (χ3n) is 4.62. The molecule has 0 spiro atoms. The highest BCUT2D eigenvalue weighted by Crippen LogP contribution is 2.24. The molecule has 0 atom stereocenters. The van der Waals surface area contributed by atoms with Crippen molar-refractivity contribution in [2.75, 3.05) is 17.7 Å². The Balaban J connectivity index is 1.68. The number of methoxy groups -OCH3 is 1. The van der Waals surface area contributed by atoms with Crippen LogP contribution in [0.3, 0.4) is 0 Å². The van der Waals surface area contributed by atoms with Gasteiger partial charge in [-0.1, -0.05) is 17.3 Å². The first kappa shape index (κ1) is 21.4. The first-order valence-electron chi connectivity index (χ1n) is 9.80. The molecule has 0 aliphatic rings. The van der Waals surface area contributed by atoms with Crippen molar-refractivity contribution in [3.8, 4) is 11.8 Å². The van der Waals surface area contributed by atoms with Gasteiger partial charge in [-0.2, -0.15) is 14.9 Å². The number of benzene rings is 2. The van der Waals surface area contributed by atoms with Gasteiger partial charge in [0.1, 0.15) is 0 Å². The topological polar surface area (TPSA) is 148 Å². The minimum atomic E-state index is -0.599. The molecule has 0 aliphatic heterocycles. The van der Waals surface area contributed by atoms with Crippen LogP contribution in [-0.4, -0.2) is 43.9 Å². The van der Waals surface area contributed by atoms with Crippen LogP contribution < -0.4 is 10.6 Å². The molecule has 2 aromatic heterocycles. The number of carbonyl (C=O) groups excluding carboxylic acids is 2. The van der Waals surface area contributed by atoms with Crippen molar-refractivity contribution in [1.82, 2.24) is 25.0 Å². The molecule has 11 heteroatoms. The highest BCUT2D eigenvalue weighted by atomic mass is 16.5. The summed E-state index contributed by atoms with van der Waals surface area (Å²) in [6.45, 7) is 1.35. The van der Waals surface area contributed by atoms with Crippen molar-refractivity contribution in [3.63, 3.8) is 0 Å². The van der Waals surface area contributed by atoms with Crippen LogP contribution in [0.5, 0.6) is 0 Å². The number of amides is 1. The average molecular weight is 442 g/mol. The molecule has 4 rings (SSSR count). The zero-order valence-electron chi connectivity index (χ0n) is 17.7. The highest BCUT2D eigenvalue weighted by molar-refractivity contribution is 6.01. The third-order valence-corrected chi connectivity index (χ3v) is 4.62. The summed E-state index contributed by atoms with van der Waals surface area (Å²) in [5.41, 5.74) is 3.53. The number of carbonyl (C=O) groups is 2. The summed E-state index contributed by atoms with van der Waals surface area (Å²) >= 11 is 0. The zero-order valence-corrected chi connectivity index (χ0v) is 17.7. The van der Waals surface area contributed by atoms with Crippen molar-refractivity contribution in [3.05, 3.63) is 59.8 Å². The van der Waals surface area contributed by atoms with E-state index in [1.54, 1.807) is 16.8 Å². The number of nitriles is 1. The number of nitrogens with one attached hydrogen (secondary N) is 2. The van der Waals surface area contributed by atoms with Crippen LogP contribution in [0, 0.1) is 11.3 Å². The lowest BCUT2D eigenvalue weighted by Crippen LogP contribution is -2.12. The van der Waals surface area contributed by atoms with E-state index >= 15 is 0 Å². The van der Waals surface area contributed by atoms with Gasteiger partial charge in [0, 0.05) is 12.6 Å². The van der Waals surface area contributed by atoms with Crippen LogP contribution in [0.15, 0.2) is 48.7 Å². The Hall–Kier alpha value is -4.85. The molecule has 0 radical (unpaired) electrons. The molecular formula is C22H18N8O3. The van der Waals surface area contributed by atoms with E-state index in [4.69, 9.17) is 10.00 Å². The van der Waals surface area contributed by atoms with E-state index in [-0.39, 0.29) is 23.8 Å². The van der Waals surface area contributed by atoms with Crippen molar-refractivity contribution in [2.45, 2.75) is 13.3 Å². The Bertz CT molecular complexity index is 1410. The second-order valence-corrected chi connectivity index (χ2v) is 6.97. The third kappa shape index (κ3) is 4.59. The number of hydrogen-bond acceptors (Lipinski definition) is 9. The van der Waals surface area contributed by atoms with E-state index in [1.807, 2.05) is 24.3 Å². The Labute approximate surface area is 188 Å². The standard InChI is InChI=1S/C22H18N8O3/c1-13(31)25-18-7-6-15(11-17(18)21(32)33-2)26-22-24-12-19-20(27-22)30(29-28-19)16-5-3-4-14(10-16)8-9-23/h3-7,10-12H,8H2,1-2H3,(H,25,31)(H,24,26,27). The van der Waals surface area contributed by atoms with Gasteiger partial charge in [-0.15, -0.1) is 5.10 Å². The maximum atomic E-state index is 12.2. The number of fused-ring (bicyclic) bond motifs is 1. The number of esters is 1. The molecule has 2 heterocycles. The van der Waals surface area contributed by atoms with Crippen LogP contribution in [0.4, 0.5) is 17.3 Å². The maximum Gasteiger partial charge on any atom is 0.340 e. The number of hydrogen-bond donors (Lipinski definition) is 2. The summed E-state index contributed by atoms with van der Waals surface area (Å²) in [5.74, 6) is -0.658. The maximum absolute atomic E-state index is 12.2. The first-order valence-corrected chi connectivity index (χ1v) is 9.80. The van der Waals surface area contributed by atoms with Gasteiger partial charge in [0.25, 0.3) is 0 Å². The Morgan fingerprint density at radius 2 is 2.06 bits per heavy atom. The van der Waals surface area contributed by atoms with Crippen LogP contribution in [0.1, 0.15) is 22.8 Å². The van der Waals surface area contributed by atoms with Crippen LogP contribution in [0.25, 0.3) is 16.9 Å². The Morgan fingerprint density at radius 3 is 2.82 bits per heavy atom. The van der Waals surface area contributed by atoms with E-state index in [0.717, 1.165) is 5.56 Å². The Morgan fingerprint density at radius 1 is 1.21 bits per heavy atom. The van der Waals surface area contributed by atoms with Gasteiger partial charge in [0.15, 0.2) is 11.2 Å². The number of rotatable bonds is 6. The molecule has 2 N–H and O–H groups in total. The van der Waals surface area contributed by atoms with Crippen molar-refractivity contribution in [2.24, 2.45) is 0 Å². The molecule has 1 amide bonds. The van der Waals surface area contributed by atoms with Gasteiger partial charge in [0.05, 0.1) is 42.7 Å². The molecule has 0 saturated carbocycles. The molecule has 33 heavy (non-hydrogen) atoms. The molecule has 11 nitrogen and oxygen atoms in total. The fraction of sp³-hybridized carbons (Fsp3) is 0.136. The summed E-state index contributed by atoms with van der Waals surface area (Å²) in [6.07, 6.45) is 1.81. The normalized spacial score (nSPS) is 10.5. The van der Waals surface area contributed by atoms with Crippen molar-refractivity contribution < 1.29 is 14.3 Å². The predicted molar refractivity (Wildman–Crippen MR) is 119 cm³/mol. The smallest absolute Gasteiger partial charge is 0.340 e. The second-order valence-electron chi connectivity index (χ2n) is 6.97. The zero-order chi connectivity index (χ0) is 23.4.